The highest BCUT2D eigenvalue weighted by molar-refractivity contribution is 7.99. The fraction of sp³-hybridized carbons (Fsp3) is 0.588. The number of hydrogen-bond donors (Lipinski definition) is 2. The Bertz CT molecular complexity index is 493. The first kappa shape index (κ1) is 19.4. The topological polar surface area (TPSA) is 54.9 Å². The smallest absolute Gasteiger partial charge is 0.191 e. The zero-order chi connectivity index (χ0) is 17.0. The van der Waals surface area contributed by atoms with Gasteiger partial charge in [-0.25, -0.2) is 0 Å². The van der Waals surface area contributed by atoms with Gasteiger partial charge in [0.15, 0.2) is 5.96 Å². The van der Waals surface area contributed by atoms with Crippen molar-refractivity contribution in [1.82, 2.24) is 10.6 Å². The summed E-state index contributed by atoms with van der Waals surface area (Å²) >= 11 is 7.66. The van der Waals surface area contributed by atoms with Crippen molar-refractivity contribution >= 4 is 29.3 Å². The van der Waals surface area contributed by atoms with Gasteiger partial charge in [-0.1, -0.05) is 11.6 Å². The lowest BCUT2D eigenvalue weighted by Gasteiger charge is -2.13. The third-order valence-electron chi connectivity index (χ3n) is 3.57. The molecule has 0 amide bonds. The van der Waals surface area contributed by atoms with Gasteiger partial charge in [-0.15, -0.1) is 11.8 Å². The number of benzene rings is 1. The van der Waals surface area contributed by atoms with E-state index < -0.39 is 0 Å². The molecular weight excluding hydrogens is 346 g/mol. The summed E-state index contributed by atoms with van der Waals surface area (Å²) in [4.78, 5) is 5.42. The number of hydrogen-bond acceptors (Lipinski definition) is 4. The molecule has 7 heteroatoms. The maximum absolute atomic E-state index is 5.88. The molecule has 2 rings (SSSR count). The van der Waals surface area contributed by atoms with Crippen molar-refractivity contribution in [2.75, 3.05) is 45.7 Å². The second-order valence-corrected chi connectivity index (χ2v) is 7.04. The summed E-state index contributed by atoms with van der Waals surface area (Å²) in [5.74, 6) is 1.75. The predicted molar refractivity (Wildman–Crippen MR) is 101 cm³/mol. The standard InChI is InChI=1S/C17H26ClN3O2S/c1-19-17(20-8-11-22-13-15-3-2-10-23-15)21-9-12-24-16-6-4-14(18)5-7-16/h4-7,15H,2-3,8-13H2,1H3,(H2,19,20,21). The molecule has 0 spiro atoms. The average molecular weight is 372 g/mol. The van der Waals surface area contributed by atoms with Crippen LogP contribution in [-0.4, -0.2) is 57.8 Å². The van der Waals surface area contributed by atoms with Gasteiger partial charge in [0, 0.05) is 42.4 Å². The second-order valence-electron chi connectivity index (χ2n) is 5.44. The first-order valence-electron chi connectivity index (χ1n) is 8.30. The lowest BCUT2D eigenvalue weighted by Crippen LogP contribution is -2.40. The molecule has 0 aromatic heterocycles. The Morgan fingerprint density at radius 2 is 2.12 bits per heavy atom. The van der Waals surface area contributed by atoms with Gasteiger partial charge in [-0.2, -0.15) is 0 Å². The van der Waals surface area contributed by atoms with Gasteiger partial charge in [0.25, 0.3) is 0 Å². The van der Waals surface area contributed by atoms with Crippen LogP contribution in [0.3, 0.4) is 0 Å². The first-order valence-corrected chi connectivity index (χ1v) is 9.66. The summed E-state index contributed by atoms with van der Waals surface area (Å²) in [5.41, 5.74) is 0. The van der Waals surface area contributed by atoms with E-state index >= 15 is 0 Å². The predicted octanol–water partition coefficient (Wildman–Crippen LogP) is 2.79. The minimum absolute atomic E-state index is 0.285. The van der Waals surface area contributed by atoms with Crippen molar-refractivity contribution in [2.45, 2.75) is 23.8 Å². The number of nitrogens with zero attached hydrogens (tertiary/aromatic N) is 1. The lowest BCUT2D eigenvalue weighted by atomic mass is 10.2. The molecule has 24 heavy (non-hydrogen) atoms. The van der Waals surface area contributed by atoms with E-state index in [9.17, 15) is 0 Å². The van der Waals surface area contributed by atoms with E-state index in [1.807, 2.05) is 24.3 Å². The Hall–Kier alpha value is -0.950. The van der Waals surface area contributed by atoms with E-state index in [0.29, 0.717) is 13.2 Å². The molecular formula is C17H26ClN3O2S. The molecule has 1 heterocycles. The van der Waals surface area contributed by atoms with Gasteiger partial charge < -0.3 is 20.1 Å². The van der Waals surface area contributed by atoms with Gasteiger partial charge in [0.05, 0.1) is 19.3 Å². The fourth-order valence-electron chi connectivity index (χ4n) is 2.32. The molecule has 1 aromatic rings. The molecule has 0 saturated carbocycles. The third-order valence-corrected chi connectivity index (χ3v) is 4.83. The fourth-order valence-corrected chi connectivity index (χ4v) is 3.22. The Balaban J connectivity index is 1.49. The second kappa shape index (κ2) is 11.6. The van der Waals surface area contributed by atoms with Gasteiger partial charge in [-0.05, 0) is 37.1 Å². The summed E-state index contributed by atoms with van der Waals surface area (Å²) < 4.78 is 11.1. The maximum Gasteiger partial charge on any atom is 0.191 e. The summed E-state index contributed by atoms with van der Waals surface area (Å²) in [5, 5.41) is 7.31. The van der Waals surface area contributed by atoms with Crippen LogP contribution in [0.15, 0.2) is 34.2 Å². The third kappa shape index (κ3) is 7.75. The quantitative estimate of drug-likeness (QED) is 0.302. The molecule has 134 valence electrons. The number of ether oxygens (including phenoxy) is 2. The van der Waals surface area contributed by atoms with Crippen molar-refractivity contribution in [1.29, 1.82) is 0 Å². The minimum atomic E-state index is 0.285. The van der Waals surface area contributed by atoms with E-state index in [2.05, 4.69) is 15.6 Å². The average Bonchev–Trinajstić information content (AvgIpc) is 3.11. The van der Waals surface area contributed by atoms with Crippen molar-refractivity contribution in [3.63, 3.8) is 0 Å². The SMILES string of the molecule is CN=C(NCCOCC1CCCO1)NCCSc1ccc(Cl)cc1. The Morgan fingerprint density at radius 3 is 2.83 bits per heavy atom. The number of aliphatic imine (C=N–C) groups is 1. The number of rotatable bonds is 9. The molecule has 1 atom stereocenters. The Morgan fingerprint density at radius 1 is 1.33 bits per heavy atom. The van der Waals surface area contributed by atoms with Gasteiger partial charge in [-0.3, -0.25) is 4.99 Å². The largest absolute Gasteiger partial charge is 0.377 e. The van der Waals surface area contributed by atoms with Crippen molar-refractivity contribution in [3.05, 3.63) is 29.3 Å². The van der Waals surface area contributed by atoms with Crippen molar-refractivity contribution in [3.8, 4) is 0 Å². The van der Waals surface area contributed by atoms with Crippen LogP contribution in [0, 0.1) is 0 Å². The van der Waals surface area contributed by atoms with Crippen LogP contribution in [0.4, 0.5) is 0 Å². The highest BCUT2D eigenvalue weighted by atomic mass is 35.5. The van der Waals surface area contributed by atoms with Gasteiger partial charge in [0.1, 0.15) is 0 Å². The van der Waals surface area contributed by atoms with Crippen molar-refractivity contribution < 1.29 is 9.47 Å². The molecule has 0 radical (unpaired) electrons. The monoisotopic (exact) mass is 371 g/mol. The van der Waals surface area contributed by atoms with E-state index in [0.717, 1.165) is 49.3 Å². The molecule has 1 unspecified atom stereocenters. The zero-order valence-electron chi connectivity index (χ0n) is 14.1. The van der Waals surface area contributed by atoms with Crippen LogP contribution in [0.5, 0.6) is 0 Å². The molecule has 0 bridgehead atoms. The molecule has 1 saturated heterocycles. The van der Waals surface area contributed by atoms with E-state index in [1.54, 1.807) is 18.8 Å². The number of nitrogens with one attached hydrogen (secondary N) is 2. The van der Waals surface area contributed by atoms with Crippen LogP contribution in [0.2, 0.25) is 5.02 Å². The van der Waals surface area contributed by atoms with Gasteiger partial charge in [0.2, 0.25) is 0 Å². The van der Waals surface area contributed by atoms with Crippen LogP contribution in [0.25, 0.3) is 0 Å². The van der Waals surface area contributed by atoms with Crippen LogP contribution < -0.4 is 10.6 Å². The van der Waals surface area contributed by atoms with Crippen LogP contribution >= 0.6 is 23.4 Å². The van der Waals surface area contributed by atoms with Gasteiger partial charge >= 0.3 is 0 Å². The van der Waals surface area contributed by atoms with Crippen LogP contribution in [0.1, 0.15) is 12.8 Å². The van der Waals surface area contributed by atoms with E-state index in [-0.39, 0.29) is 6.10 Å². The molecule has 1 aliphatic rings. The Labute approximate surface area is 153 Å². The summed E-state index contributed by atoms with van der Waals surface area (Å²) in [6, 6.07) is 7.89. The summed E-state index contributed by atoms with van der Waals surface area (Å²) in [6.07, 6.45) is 2.55. The van der Waals surface area contributed by atoms with Crippen LogP contribution in [-0.2, 0) is 9.47 Å². The molecule has 0 aliphatic carbocycles. The summed E-state index contributed by atoms with van der Waals surface area (Å²) in [7, 11) is 1.77. The van der Waals surface area contributed by atoms with E-state index in [1.165, 1.54) is 4.90 Å². The number of thioether (sulfide) groups is 1. The molecule has 1 aliphatic heterocycles. The molecule has 5 nitrogen and oxygen atoms in total. The minimum Gasteiger partial charge on any atom is -0.377 e. The normalized spacial score (nSPS) is 17.9. The first-order chi connectivity index (χ1) is 11.8. The lowest BCUT2D eigenvalue weighted by molar-refractivity contribution is 0.0191. The maximum atomic E-state index is 5.88. The molecule has 1 fully saturated rings. The highest BCUT2D eigenvalue weighted by Gasteiger charge is 2.14. The number of guanidine groups is 1. The zero-order valence-corrected chi connectivity index (χ0v) is 15.7. The highest BCUT2D eigenvalue weighted by Crippen LogP contribution is 2.19. The van der Waals surface area contributed by atoms with E-state index in [4.69, 9.17) is 21.1 Å². The van der Waals surface area contributed by atoms with Crippen molar-refractivity contribution in [2.24, 2.45) is 4.99 Å². The number of halogens is 1. The molecule has 1 aromatic carbocycles. The Kier molecular flexibility index (Phi) is 9.35. The molecule has 2 N–H and O–H groups in total. The summed E-state index contributed by atoms with van der Waals surface area (Å²) in [6.45, 7) is 3.78.